The summed E-state index contributed by atoms with van der Waals surface area (Å²) in [5.74, 6) is 1.28. The molecule has 0 bridgehead atoms. The zero-order valence-electron chi connectivity index (χ0n) is 12.8. The number of H-pyrrole nitrogens is 1. The molecule has 1 fully saturated rings. The van der Waals surface area contributed by atoms with Crippen LogP contribution in [-0.2, 0) is 5.75 Å². The van der Waals surface area contributed by atoms with E-state index in [2.05, 4.69) is 32.1 Å². The minimum atomic E-state index is -0.772. The van der Waals surface area contributed by atoms with Gasteiger partial charge in [0.25, 0.3) is 0 Å². The van der Waals surface area contributed by atoms with Crippen LogP contribution < -0.4 is 4.90 Å². The highest BCUT2D eigenvalue weighted by Gasteiger charge is 2.31. The van der Waals surface area contributed by atoms with E-state index in [0.717, 1.165) is 16.3 Å². The summed E-state index contributed by atoms with van der Waals surface area (Å²) in [6, 6.07) is 10.2. The van der Waals surface area contributed by atoms with Crippen molar-refractivity contribution < 1.29 is 10.2 Å². The van der Waals surface area contributed by atoms with Crippen molar-refractivity contribution in [3.8, 4) is 0 Å². The largest absolute Gasteiger partial charge is 0.388 e. The lowest BCUT2D eigenvalue weighted by Gasteiger charge is -2.15. The Hall–Kier alpha value is -2.16. The van der Waals surface area contributed by atoms with Crippen LogP contribution in [0.3, 0.4) is 0 Å². The first-order chi connectivity index (χ1) is 11.7. The molecule has 3 N–H and O–H groups in total. The van der Waals surface area contributed by atoms with Gasteiger partial charge >= 0.3 is 0 Å². The second kappa shape index (κ2) is 6.39. The maximum Gasteiger partial charge on any atom is 0.228 e. The summed E-state index contributed by atoms with van der Waals surface area (Å²) in [4.78, 5) is 18.2. The molecule has 0 spiro atoms. The van der Waals surface area contributed by atoms with Crippen LogP contribution in [0.25, 0.3) is 11.2 Å². The van der Waals surface area contributed by atoms with Gasteiger partial charge in [-0.2, -0.15) is 4.98 Å². The van der Waals surface area contributed by atoms with Crippen LogP contribution in [0, 0.1) is 0 Å². The highest BCUT2D eigenvalue weighted by Crippen LogP contribution is 2.29. The minimum absolute atomic E-state index is 0.323. The first-order valence-corrected chi connectivity index (χ1v) is 8.68. The van der Waals surface area contributed by atoms with Crippen molar-refractivity contribution in [2.75, 3.05) is 18.0 Å². The summed E-state index contributed by atoms with van der Waals surface area (Å²) >= 11 is 1.60. The minimum Gasteiger partial charge on any atom is -0.388 e. The molecular formula is C16H17N5O2S. The molecule has 1 aliphatic heterocycles. The van der Waals surface area contributed by atoms with E-state index in [1.54, 1.807) is 23.0 Å². The topological polar surface area (TPSA) is 98.2 Å². The number of β-amino-alcohol motifs (C(OH)–C–C–N with tert-alkyl or cyclic N) is 2. The van der Waals surface area contributed by atoms with Crippen molar-refractivity contribution in [1.29, 1.82) is 0 Å². The van der Waals surface area contributed by atoms with Crippen molar-refractivity contribution in [2.45, 2.75) is 23.0 Å². The summed E-state index contributed by atoms with van der Waals surface area (Å²) in [5.41, 5.74) is 2.60. The molecule has 8 heteroatoms. The molecule has 7 nitrogen and oxygen atoms in total. The summed E-state index contributed by atoms with van der Waals surface area (Å²) in [6.07, 6.45) is 0.0570. The van der Waals surface area contributed by atoms with Gasteiger partial charge in [-0.25, -0.2) is 9.97 Å². The van der Waals surface area contributed by atoms with Gasteiger partial charge in [0.2, 0.25) is 5.95 Å². The molecule has 0 saturated carbocycles. The summed E-state index contributed by atoms with van der Waals surface area (Å²) in [6.45, 7) is 0.646. The highest BCUT2D eigenvalue weighted by molar-refractivity contribution is 7.98. The number of aromatic nitrogens is 4. The molecule has 3 aromatic rings. The molecule has 1 aliphatic rings. The zero-order valence-corrected chi connectivity index (χ0v) is 13.6. The maximum atomic E-state index is 9.75. The third-order valence-electron chi connectivity index (χ3n) is 4.00. The normalized spacial score (nSPS) is 20.8. The molecule has 0 unspecified atom stereocenters. The SMILES string of the molecule is O[C@@H]1CN(c2nc(SCc3ccccc3)c3nc[nH]c3n2)C[C@@H]1O. The Kier molecular flexibility index (Phi) is 4.09. The number of hydrogen-bond acceptors (Lipinski definition) is 7. The fourth-order valence-corrected chi connectivity index (χ4v) is 3.63. The molecule has 3 heterocycles. The van der Waals surface area contributed by atoms with Crippen LogP contribution in [-0.4, -0.2) is 55.4 Å². The number of imidazole rings is 1. The van der Waals surface area contributed by atoms with Gasteiger partial charge in [0.05, 0.1) is 18.5 Å². The van der Waals surface area contributed by atoms with Crippen molar-refractivity contribution in [2.24, 2.45) is 0 Å². The monoisotopic (exact) mass is 343 g/mol. The van der Waals surface area contributed by atoms with Gasteiger partial charge in [-0.15, -0.1) is 0 Å². The number of anilines is 1. The van der Waals surface area contributed by atoms with Gasteiger partial charge in [0, 0.05) is 18.8 Å². The molecule has 2 aromatic heterocycles. The van der Waals surface area contributed by atoms with E-state index in [4.69, 9.17) is 0 Å². The third-order valence-corrected chi connectivity index (χ3v) is 5.03. The summed E-state index contributed by atoms with van der Waals surface area (Å²) in [5, 5.41) is 20.3. The molecule has 1 aromatic carbocycles. The first kappa shape index (κ1) is 15.4. The van der Waals surface area contributed by atoms with E-state index in [9.17, 15) is 10.2 Å². The molecule has 0 radical (unpaired) electrons. The smallest absolute Gasteiger partial charge is 0.228 e. The fourth-order valence-electron chi connectivity index (χ4n) is 2.70. The molecule has 24 heavy (non-hydrogen) atoms. The number of rotatable bonds is 4. The number of hydrogen-bond donors (Lipinski definition) is 3. The van der Waals surface area contributed by atoms with Gasteiger partial charge in [-0.3, -0.25) is 0 Å². The Morgan fingerprint density at radius 2 is 1.88 bits per heavy atom. The van der Waals surface area contributed by atoms with Crippen LogP contribution in [0.15, 0.2) is 41.7 Å². The van der Waals surface area contributed by atoms with Crippen LogP contribution in [0.5, 0.6) is 0 Å². The van der Waals surface area contributed by atoms with Gasteiger partial charge in [-0.05, 0) is 5.56 Å². The number of thioether (sulfide) groups is 1. The lowest BCUT2D eigenvalue weighted by molar-refractivity contribution is 0.0572. The predicted octanol–water partition coefficient (Wildman–Crippen LogP) is 1.19. The standard InChI is InChI=1S/C16H17N5O2S/c22-11-6-21(7-12(11)23)16-19-14-13(17-9-18-14)15(20-16)24-8-10-4-2-1-3-5-10/h1-5,9,11-12,22-23H,6-8H2,(H,17,18,19,20)/t11-,12+. The van der Waals surface area contributed by atoms with E-state index >= 15 is 0 Å². The Bertz CT molecular complexity index is 831. The van der Waals surface area contributed by atoms with E-state index in [1.165, 1.54) is 5.56 Å². The number of aromatic amines is 1. The molecule has 0 amide bonds. The Balaban J connectivity index is 1.63. The van der Waals surface area contributed by atoms with Crippen LogP contribution >= 0.6 is 11.8 Å². The molecule has 1 saturated heterocycles. The molecular weight excluding hydrogens is 326 g/mol. The average Bonchev–Trinajstić information content (AvgIpc) is 3.20. The molecule has 2 atom stereocenters. The summed E-state index contributed by atoms with van der Waals surface area (Å²) in [7, 11) is 0. The first-order valence-electron chi connectivity index (χ1n) is 7.69. The lowest BCUT2D eigenvalue weighted by Crippen LogP contribution is -2.23. The van der Waals surface area contributed by atoms with Gasteiger partial charge < -0.3 is 20.1 Å². The summed E-state index contributed by atoms with van der Waals surface area (Å²) < 4.78 is 0. The molecule has 4 rings (SSSR count). The van der Waals surface area contributed by atoms with Crippen LogP contribution in [0.2, 0.25) is 0 Å². The van der Waals surface area contributed by atoms with E-state index in [1.807, 2.05) is 18.2 Å². The predicted molar refractivity (Wildman–Crippen MR) is 91.9 cm³/mol. The third kappa shape index (κ3) is 2.95. The van der Waals surface area contributed by atoms with E-state index < -0.39 is 12.2 Å². The molecule has 124 valence electrons. The molecule has 0 aliphatic carbocycles. The maximum absolute atomic E-state index is 9.75. The number of nitrogens with one attached hydrogen (secondary N) is 1. The van der Waals surface area contributed by atoms with E-state index in [-0.39, 0.29) is 0 Å². The second-order valence-corrected chi connectivity index (χ2v) is 6.71. The Morgan fingerprint density at radius 1 is 1.12 bits per heavy atom. The van der Waals surface area contributed by atoms with Crippen LogP contribution in [0.1, 0.15) is 5.56 Å². The Morgan fingerprint density at radius 3 is 2.62 bits per heavy atom. The highest BCUT2D eigenvalue weighted by atomic mass is 32.2. The van der Waals surface area contributed by atoms with Crippen molar-refractivity contribution in [3.63, 3.8) is 0 Å². The van der Waals surface area contributed by atoms with Crippen LogP contribution in [0.4, 0.5) is 5.95 Å². The van der Waals surface area contributed by atoms with Gasteiger partial charge in [-0.1, -0.05) is 42.1 Å². The van der Waals surface area contributed by atoms with Gasteiger partial charge in [0.15, 0.2) is 5.65 Å². The second-order valence-electron chi connectivity index (χ2n) is 5.74. The zero-order chi connectivity index (χ0) is 16.5. The number of fused-ring (bicyclic) bond motifs is 1. The number of benzene rings is 1. The van der Waals surface area contributed by atoms with Crippen molar-refractivity contribution >= 4 is 28.9 Å². The number of aliphatic hydroxyl groups is 2. The quantitative estimate of drug-likeness (QED) is 0.483. The van der Waals surface area contributed by atoms with Gasteiger partial charge in [0.1, 0.15) is 10.5 Å². The Labute approximate surface area is 142 Å². The average molecular weight is 343 g/mol. The van der Waals surface area contributed by atoms with Crippen molar-refractivity contribution in [1.82, 2.24) is 19.9 Å². The lowest BCUT2D eigenvalue weighted by atomic mass is 10.2. The fraction of sp³-hybridized carbons (Fsp3) is 0.312. The number of nitrogens with zero attached hydrogens (tertiary/aromatic N) is 4. The van der Waals surface area contributed by atoms with Crippen molar-refractivity contribution in [3.05, 3.63) is 42.2 Å². The number of aliphatic hydroxyl groups excluding tert-OH is 2. The van der Waals surface area contributed by atoms with E-state index in [0.29, 0.717) is 24.7 Å².